The summed E-state index contributed by atoms with van der Waals surface area (Å²) >= 11 is 3.41. The highest BCUT2D eigenvalue weighted by atomic mass is 79.9. The minimum atomic E-state index is -0.650. The molecule has 0 saturated heterocycles. The Bertz CT molecular complexity index is 650. The van der Waals surface area contributed by atoms with Crippen molar-refractivity contribution in [3.8, 4) is 11.8 Å². The lowest BCUT2D eigenvalue weighted by molar-refractivity contribution is 0.191. The molecular formula is C16H15BrN2O2. The molecule has 5 heteroatoms. The van der Waals surface area contributed by atoms with Gasteiger partial charge in [-0.1, -0.05) is 28.1 Å². The molecule has 21 heavy (non-hydrogen) atoms. The molecule has 2 aromatic carbocycles. The van der Waals surface area contributed by atoms with Gasteiger partial charge in [-0.3, -0.25) is 0 Å². The largest absolute Gasteiger partial charge is 0.497 e. The van der Waals surface area contributed by atoms with Crippen molar-refractivity contribution in [2.45, 2.75) is 6.10 Å². The van der Waals surface area contributed by atoms with Crippen molar-refractivity contribution in [3.05, 3.63) is 58.1 Å². The molecule has 2 N–H and O–H groups in total. The number of benzene rings is 2. The minimum Gasteiger partial charge on any atom is -0.497 e. The number of nitrogens with zero attached hydrogens (tertiary/aromatic N) is 1. The van der Waals surface area contributed by atoms with Gasteiger partial charge < -0.3 is 15.2 Å². The normalized spacial score (nSPS) is 11.5. The monoisotopic (exact) mass is 346 g/mol. The maximum absolute atomic E-state index is 10.2. The number of hydrogen-bond donors (Lipinski definition) is 2. The van der Waals surface area contributed by atoms with Crippen molar-refractivity contribution in [2.24, 2.45) is 0 Å². The molecular weight excluding hydrogens is 332 g/mol. The van der Waals surface area contributed by atoms with Gasteiger partial charge >= 0.3 is 0 Å². The summed E-state index contributed by atoms with van der Waals surface area (Å²) in [5, 5.41) is 22.1. The molecule has 0 bridgehead atoms. The summed E-state index contributed by atoms with van der Waals surface area (Å²) in [4.78, 5) is 0. The van der Waals surface area contributed by atoms with Crippen molar-refractivity contribution in [1.29, 1.82) is 5.26 Å². The molecule has 0 radical (unpaired) electrons. The number of nitriles is 1. The smallest absolute Gasteiger partial charge is 0.122 e. The van der Waals surface area contributed by atoms with Gasteiger partial charge in [-0.05, 0) is 29.8 Å². The Kier molecular flexibility index (Phi) is 5.20. The summed E-state index contributed by atoms with van der Waals surface area (Å²) in [5.74, 6) is 0.736. The molecule has 4 nitrogen and oxygen atoms in total. The predicted octanol–water partition coefficient (Wildman–Crippen LogP) is 3.47. The van der Waals surface area contributed by atoms with Crippen LogP contribution in [0, 0.1) is 11.3 Å². The maximum Gasteiger partial charge on any atom is 0.122 e. The van der Waals surface area contributed by atoms with Crippen LogP contribution in [0.1, 0.15) is 17.2 Å². The first-order valence-corrected chi connectivity index (χ1v) is 7.18. The highest BCUT2D eigenvalue weighted by Gasteiger charge is 2.08. The first-order chi connectivity index (χ1) is 10.1. The fourth-order valence-corrected chi connectivity index (χ4v) is 2.37. The summed E-state index contributed by atoms with van der Waals surface area (Å²) in [5.41, 5.74) is 2.20. The summed E-state index contributed by atoms with van der Waals surface area (Å²) in [7, 11) is 1.61. The lowest BCUT2D eigenvalue weighted by Gasteiger charge is -2.14. The van der Waals surface area contributed by atoms with Gasteiger partial charge in [-0.15, -0.1) is 0 Å². The maximum atomic E-state index is 10.2. The predicted molar refractivity (Wildman–Crippen MR) is 85.3 cm³/mol. The molecule has 1 atom stereocenters. The van der Waals surface area contributed by atoms with Gasteiger partial charge in [0.25, 0.3) is 0 Å². The number of ether oxygens (including phenoxy) is 1. The van der Waals surface area contributed by atoms with Gasteiger partial charge in [0.15, 0.2) is 0 Å². The van der Waals surface area contributed by atoms with E-state index in [2.05, 4.69) is 27.3 Å². The van der Waals surface area contributed by atoms with Crippen LogP contribution in [0.25, 0.3) is 0 Å². The average molecular weight is 347 g/mol. The van der Waals surface area contributed by atoms with Crippen LogP contribution in [0.3, 0.4) is 0 Å². The van der Waals surface area contributed by atoms with Gasteiger partial charge in [-0.25, -0.2) is 0 Å². The molecule has 0 fully saturated rings. The Hall–Kier alpha value is -2.03. The second kappa shape index (κ2) is 7.11. The molecule has 0 heterocycles. The number of nitrogens with one attached hydrogen (secondary N) is 1. The fraction of sp³-hybridized carbons (Fsp3) is 0.188. The average Bonchev–Trinajstić information content (AvgIpc) is 2.52. The third-order valence-electron chi connectivity index (χ3n) is 3.03. The molecule has 1 unspecified atom stereocenters. The zero-order chi connectivity index (χ0) is 15.2. The number of aliphatic hydroxyl groups is 1. The summed E-state index contributed by atoms with van der Waals surface area (Å²) < 4.78 is 6.09. The molecule has 0 aliphatic heterocycles. The van der Waals surface area contributed by atoms with Crippen molar-refractivity contribution in [3.63, 3.8) is 0 Å². The highest BCUT2D eigenvalue weighted by Crippen LogP contribution is 2.25. The molecule has 0 aliphatic carbocycles. The molecule has 2 rings (SSSR count). The van der Waals surface area contributed by atoms with E-state index in [-0.39, 0.29) is 0 Å². The lowest BCUT2D eigenvalue weighted by atomic mass is 10.1. The Labute approximate surface area is 132 Å². The van der Waals surface area contributed by atoms with E-state index >= 15 is 0 Å². The molecule has 0 saturated carbocycles. The van der Waals surface area contributed by atoms with Crippen LogP contribution >= 0.6 is 15.9 Å². The molecule has 0 amide bonds. The zero-order valence-electron chi connectivity index (χ0n) is 11.5. The Morgan fingerprint density at radius 1 is 1.29 bits per heavy atom. The number of hydrogen-bond acceptors (Lipinski definition) is 4. The van der Waals surface area contributed by atoms with Crippen molar-refractivity contribution < 1.29 is 9.84 Å². The molecule has 2 aromatic rings. The van der Waals surface area contributed by atoms with E-state index < -0.39 is 6.10 Å². The van der Waals surface area contributed by atoms with Crippen LogP contribution in [0.4, 0.5) is 5.69 Å². The zero-order valence-corrected chi connectivity index (χ0v) is 13.1. The molecule has 0 aromatic heterocycles. The van der Waals surface area contributed by atoms with Crippen molar-refractivity contribution in [2.75, 3.05) is 19.0 Å². The van der Waals surface area contributed by atoms with Gasteiger partial charge in [-0.2, -0.15) is 5.26 Å². The second-order valence-corrected chi connectivity index (χ2v) is 5.43. The van der Waals surface area contributed by atoms with E-state index in [1.165, 1.54) is 0 Å². The quantitative estimate of drug-likeness (QED) is 0.869. The molecule has 108 valence electrons. The van der Waals surface area contributed by atoms with Gasteiger partial charge in [0.2, 0.25) is 0 Å². The van der Waals surface area contributed by atoms with Crippen molar-refractivity contribution in [1.82, 2.24) is 0 Å². The first-order valence-electron chi connectivity index (χ1n) is 6.39. The number of anilines is 1. The van der Waals surface area contributed by atoms with Gasteiger partial charge in [0.05, 0.1) is 24.8 Å². The Balaban J connectivity index is 2.01. The Morgan fingerprint density at radius 2 is 2.00 bits per heavy atom. The summed E-state index contributed by atoms with van der Waals surface area (Å²) in [6.45, 7) is 0.367. The van der Waals surface area contributed by atoms with E-state index in [1.807, 2.05) is 18.2 Å². The van der Waals surface area contributed by atoms with E-state index in [0.29, 0.717) is 12.1 Å². The van der Waals surface area contributed by atoms with E-state index in [4.69, 9.17) is 10.00 Å². The third-order valence-corrected chi connectivity index (χ3v) is 3.49. The SMILES string of the molecule is COc1cc(Br)cc(NCC(O)c2ccc(C#N)cc2)c1. The molecule has 0 spiro atoms. The summed E-state index contributed by atoms with van der Waals surface area (Å²) in [6, 6.07) is 14.6. The lowest BCUT2D eigenvalue weighted by Crippen LogP contribution is -2.12. The van der Waals surface area contributed by atoms with E-state index in [0.717, 1.165) is 21.5 Å². The topological polar surface area (TPSA) is 65.3 Å². The van der Waals surface area contributed by atoms with Crippen LogP contribution in [0.2, 0.25) is 0 Å². The Morgan fingerprint density at radius 3 is 2.62 bits per heavy atom. The van der Waals surface area contributed by atoms with Gasteiger partial charge in [0.1, 0.15) is 5.75 Å². The van der Waals surface area contributed by atoms with Gasteiger partial charge in [0, 0.05) is 22.8 Å². The van der Waals surface area contributed by atoms with Crippen molar-refractivity contribution >= 4 is 21.6 Å². The second-order valence-electron chi connectivity index (χ2n) is 4.51. The number of rotatable bonds is 5. The van der Waals surface area contributed by atoms with E-state index in [1.54, 1.807) is 31.4 Å². The minimum absolute atomic E-state index is 0.367. The number of aliphatic hydroxyl groups excluding tert-OH is 1. The number of halogens is 1. The first kappa shape index (κ1) is 15.4. The van der Waals surface area contributed by atoms with E-state index in [9.17, 15) is 5.11 Å². The standard InChI is InChI=1S/C16H15BrN2O2/c1-21-15-7-13(17)6-14(8-15)19-10-16(20)12-4-2-11(9-18)3-5-12/h2-8,16,19-20H,10H2,1H3. The van der Waals surface area contributed by atoms with Crippen LogP contribution in [-0.2, 0) is 0 Å². The van der Waals surface area contributed by atoms with Crippen LogP contribution < -0.4 is 10.1 Å². The third kappa shape index (κ3) is 4.22. The highest BCUT2D eigenvalue weighted by molar-refractivity contribution is 9.10. The summed E-state index contributed by atoms with van der Waals surface area (Å²) in [6.07, 6.45) is -0.650. The van der Waals surface area contributed by atoms with Crippen LogP contribution in [-0.4, -0.2) is 18.8 Å². The number of methoxy groups -OCH3 is 1. The fourth-order valence-electron chi connectivity index (χ4n) is 1.89. The van der Waals surface area contributed by atoms with Crippen LogP contribution in [0.15, 0.2) is 46.9 Å². The van der Waals surface area contributed by atoms with Crippen LogP contribution in [0.5, 0.6) is 5.75 Å². The molecule has 0 aliphatic rings.